The second-order valence-corrected chi connectivity index (χ2v) is 5.71. The second kappa shape index (κ2) is 8.15. The van der Waals surface area contributed by atoms with Crippen LogP contribution in [0.2, 0.25) is 0 Å². The van der Waals surface area contributed by atoms with Crippen molar-refractivity contribution in [2.75, 3.05) is 11.9 Å². The molecule has 0 spiro atoms. The average Bonchev–Trinajstić information content (AvgIpc) is 3.11. The van der Waals surface area contributed by atoms with Gasteiger partial charge in [-0.25, -0.2) is 9.78 Å². The highest BCUT2D eigenvalue weighted by atomic mass is 16.5. The van der Waals surface area contributed by atoms with Crippen molar-refractivity contribution >= 4 is 11.7 Å². The molecule has 3 N–H and O–H groups in total. The fourth-order valence-electron chi connectivity index (χ4n) is 2.39. The Morgan fingerprint density at radius 3 is 2.69 bits per heavy atom. The van der Waals surface area contributed by atoms with E-state index in [9.17, 15) is 4.79 Å². The van der Waals surface area contributed by atoms with E-state index in [0.29, 0.717) is 29.7 Å². The molecule has 2 amide bonds. The van der Waals surface area contributed by atoms with Crippen LogP contribution in [0.5, 0.6) is 5.75 Å². The summed E-state index contributed by atoms with van der Waals surface area (Å²) in [5.41, 5.74) is 2.72. The maximum absolute atomic E-state index is 12.1. The van der Waals surface area contributed by atoms with Gasteiger partial charge in [-0.2, -0.15) is 5.10 Å². The lowest BCUT2D eigenvalue weighted by molar-refractivity contribution is 0.251. The summed E-state index contributed by atoms with van der Waals surface area (Å²) in [5.74, 6) is 1.81. The summed E-state index contributed by atoms with van der Waals surface area (Å²) in [6.45, 7) is 4.69. The molecule has 0 aliphatic heterocycles. The quantitative estimate of drug-likeness (QED) is 0.634. The number of nitrogens with one attached hydrogen (secondary N) is 3. The van der Waals surface area contributed by atoms with Gasteiger partial charge in [-0.3, -0.25) is 5.10 Å². The van der Waals surface area contributed by atoms with Gasteiger partial charge in [-0.15, -0.1) is 0 Å². The van der Waals surface area contributed by atoms with Crippen molar-refractivity contribution in [2.24, 2.45) is 0 Å². The van der Waals surface area contributed by atoms with Gasteiger partial charge >= 0.3 is 6.03 Å². The highest BCUT2D eigenvalue weighted by Gasteiger charge is 2.09. The highest BCUT2D eigenvalue weighted by Crippen LogP contribution is 2.23. The normalized spacial score (nSPS) is 10.4. The lowest BCUT2D eigenvalue weighted by Crippen LogP contribution is -2.28. The Labute approximate surface area is 151 Å². The molecule has 0 radical (unpaired) electrons. The summed E-state index contributed by atoms with van der Waals surface area (Å²) >= 11 is 0. The van der Waals surface area contributed by atoms with Crippen LogP contribution in [0.3, 0.4) is 0 Å². The molecule has 3 rings (SSSR count). The average molecular weight is 351 g/mol. The first kappa shape index (κ1) is 17.5. The molecule has 1 aromatic heterocycles. The number of aryl methyl sites for hydroxylation is 1. The molecule has 7 nitrogen and oxygen atoms in total. The first-order valence-corrected chi connectivity index (χ1v) is 8.40. The Morgan fingerprint density at radius 1 is 1.15 bits per heavy atom. The van der Waals surface area contributed by atoms with Gasteiger partial charge in [0.15, 0.2) is 5.82 Å². The van der Waals surface area contributed by atoms with E-state index in [0.717, 1.165) is 5.56 Å². The van der Waals surface area contributed by atoms with Crippen LogP contribution in [0.25, 0.3) is 11.4 Å². The maximum Gasteiger partial charge on any atom is 0.319 e. The standard InChI is InChI=1S/C19H21N5O2/c1-3-26-16-7-5-4-6-15(16)21-19(25)20-12-17-22-18(24-23-17)14-10-8-13(2)9-11-14/h4-11H,3,12H2,1-2H3,(H2,20,21,25)(H,22,23,24). The van der Waals surface area contributed by atoms with Crippen LogP contribution < -0.4 is 15.4 Å². The van der Waals surface area contributed by atoms with Crippen molar-refractivity contribution in [1.29, 1.82) is 0 Å². The first-order valence-electron chi connectivity index (χ1n) is 8.40. The first-order chi connectivity index (χ1) is 12.7. The molecule has 0 unspecified atom stereocenters. The topological polar surface area (TPSA) is 91.9 Å². The summed E-state index contributed by atoms with van der Waals surface area (Å²) in [6.07, 6.45) is 0. The third-order valence-corrected chi connectivity index (χ3v) is 3.69. The largest absolute Gasteiger partial charge is 0.492 e. The van der Waals surface area contributed by atoms with Gasteiger partial charge in [-0.1, -0.05) is 42.0 Å². The summed E-state index contributed by atoms with van der Waals surface area (Å²) < 4.78 is 5.49. The van der Waals surface area contributed by atoms with Gasteiger partial charge in [0.2, 0.25) is 0 Å². The van der Waals surface area contributed by atoms with Gasteiger partial charge in [0.1, 0.15) is 11.6 Å². The van der Waals surface area contributed by atoms with E-state index in [2.05, 4.69) is 25.8 Å². The molecule has 26 heavy (non-hydrogen) atoms. The Hall–Kier alpha value is -3.35. The number of carbonyl (C=O) groups is 1. The van der Waals surface area contributed by atoms with Crippen molar-refractivity contribution in [1.82, 2.24) is 20.5 Å². The van der Waals surface area contributed by atoms with Crippen molar-refractivity contribution < 1.29 is 9.53 Å². The monoisotopic (exact) mass is 351 g/mol. The van der Waals surface area contributed by atoms with Crippen LogP contribution in [0.4, 0.5) is 10.5 Å². The molecule has 3 aromatic rings. The summed E-state index contributed by atoms with van der Waals surface area (Å²) in [6, 6.07) is 14.9. The number of rotatable bonds is 6. The number of benzene rings is 2. The smallest absolute Gasteiger partial charge is 0.319 e. The predicted molar refractivity (Wildman–Crippen MR) is 100 cm³/mol. The molecule has 0 saturated carbocycles. The van der Waals surface area contributed by atoms with E-state index in [4.69, 9.17) is 4.74 Å². The number of aromatic amines is 1. The Morgan fingerprint density at radius 2 is 1.92 bits per heavy atom. The highest BCUT2D eigenvalue weighted by molar-refractivity contribution is 5.90. The van der Waals surface area contributed by atoms with E-state index in [1.165, 1.54) is 5.56 Å². The van der Waals surface area contributed by atoms with E-state index in [1.54, 1.807) is 6.07 Å². The number of hydrogen-bond acceptors (Lipinski definition) is 4. The minimum atomic E-state index is -0.342. The van der Waals surface area contributed by atoms with E-state index in [1.807, 2.05) is 56.3 Å². The molecular weight excluding hydrogens is 330 g/mol. The van der Waals surface area contributed by atoms with Crippen LogP contribution in [0.1, 0.15) is 18.3 Å². The molecule has 134 valence electrons. The van der Waals surface area contributed by atoms with Crippen LogP contribution in [0.15, 0.2) is 48.5 Å². The van der Waals surface area contributed by atoms with E-state index >= 15 is 0 Å². The number of urea groups is 1. The number of nitrogens with zero attached hydrogens (tertiary/aromatic N) is 2. The molecular formula is C19H21N5O2. The fourth-order valence-corrected chi connectivity index (χ4v) is 2.39. The minimum Gasteiger partial charge on any atom is -0.492 e. The molecule has 2 aromatic carbocycles. The van der Waals surface area contributed by atoms with Crippen LogP contribution >= 0.6 is 0 Å². The van der Waals surface area contributed by atoms with Crippen LogP contribution in [-0.4, -0.2) is 27.8 Å². The van der Waals surface area contributed by atoms with Crippen molar-refractivity contribution in [3.63, 3.8) is 0 Å². The number of anilines is 1. The molecule has 0 atom stereocenters. The third kappa shape index (κ3) is 4.38. The zero-order chi connectivity index (χ0) is 18.4. The Kier molecular flexibility index (Phi) is 5.48. The Balaban J connectivity index is 1.58. The van der Waals surface area contributed by atoms with Crippen molar-refractivity contribution in [2.45, 2.75) is 20.4 Å². The molecule has 0 fully saturated rings. The predicted octanol–water partition coefficient (Wildman–Crippen LogP) is 3.50. The van der Waals surface area contributed by atoms with E-state index < -0.39 is 0 Å². The molecule has 0 bridgehead atoms. The zero-order valence-corrected chi connectivity index (χ0v) is 14.7. The van der Waals surface area contributed by atoms with Crippen LogP contribution in [-0.2, 0) is 6.54 Å². The molecule has 1 heterocycles. The molecule has 0 saturated heterocycles. The van der Waals surface area contributed by atoms with E-state index in [-0.39, 0.29) is 12.6 Å². The SMILES string of the molecule is CCOc1ccccc1NC(=O)NCc1nc(-c2ccc(C)cc2)n[nH]1. The lowest BCUT2D eigenvalue weighted by atomic mass is 10.1. The Bertz CT molecular complexity index is 874. The van der Waals surface area contributed by atoms with Gasteiger partial charge in [-0.05, 0) is 26.0 Å². The number of hydrogen-bond donors (Lipinski definition) is 3. The van der Waals surface area contributed by atoms with Gasteiger partial charge in [0.05, 0.1) is 18.8 Å². The third-order valence-electron chi connectivity index (χ3n) is 3.69. The minimum absolute atomic E-state index is 0.238. The molecule has 7 heteroatoms. The number of amides is 2. The molecule has 0 aliphatic carbocycles. The number of ether oxygens (including phenoxy) is 1. The van der Waals surface area contributed by atoms with Crippen LogP contribution in [0, 0.1) is 6.92 Å². The van der Waals surface area contributed by atoms with Crippen molar-refractivity contribution in [3.8, 4) is 17.1 Å². The van der Waals surface area contributed by atoms with Gasteiger partial charge < -0.3 is 15.4 Å². The number of aromatic nitrogens is 3. The summed E-state index contributed by atoms with van der Waals surface area (Å²) in [4.78, 5) is 16.5. The fraction of sp³-hybridized carbons (Fsp3) is 0.211. The second-order valence-electron chi connectivity index (χ2n) is 5.71. The maximum atomic E-state index is 12.1. The number of H-pyrrole nitrogens is 1. The summed E-state index contributed by atoms with van der Waals surface area (Å²) in [5, 5.41) is 12.6. The van der Waals surface area contributed by atoms with Gasteiger partial charge in [0, 0.05) is 5.56 Å². The number of carbonyl (C=O) groups excluding carboxylic acids is 1. The lowest BCUT2D eigenvalue weighted by Gasteiger charge is -2.11. The summed E-state index contributed by atoms with van der Waals surface area (Å²) in [7, 11) is 0. The van der Waals surface area contributed by atoms with Gasteiger partial charge in [0.25, 0.3) is 0 Å². The zero-order valence-electron chi connectivity index (χ0n) is 14.7. The number of para-hydroxylation sites is 2. The molecule has 0 aliphatic rings. The van der Waals surface area contributed by atoms with Crippen molar-refractivity contribution in [3.05, 3.63) is 59.9 Å².